The second-order valence-corrected chi connectivity index (χ2v) is 5.95. The largest absolute Gasteiger partial charge is 0.507 e. The summed E-state index contributed by atoms with van der Waals surface area (Å²) < 4.78 is 0. The Morgan fingerprint density at radius 1 is 0.840 bits per heavy atom. The molecule has 0 aromatic heterocycles. The van der Waals surface area contributed by atoms with Crippen molar-refractivity contribution in [2.45, 2.75) is 39.7 Å². The molecule has 0 aliphatic carbocycles. The average molecular weight is 338 g/mol. The van der Waals surface area contributed by atoms with Gasteiger partial charge in [0, 0.05) is 22.6 Å². The van der Waals surface area contributed by atoms with Gasteiger partial charge in [-0.15, -0.1) is 0 Å². The molecular weight excluding hydrogens is 312 g/mol. The first-order valence-corrected chi connectivity index (χ1v) is 8.73. The quantitative estimate of drug-likeness (QED) is 0.726. The van der Waals surface area contributed by atoms with Gasteiger partial charge < -0.3 is 10.2 Å². The molecule has 0 saturated heterocycles. The molecule has 4 nitrogen and oxygen atoms in total. The third-order valence-electron chi connectivity index (χ3n) is 4.02. The van der Waals surface area contributed by atoms with E-state index in [0.717, 1.165) is 35.4 Å². The normalized spacial score (nSPS) is 13.7. The molecule has 0 saturated carbocycles. The van der Waals surface area contributed by atoms with Gasteiger partial charge in [0.25, 0.3) is 0 Å². The van der Waals surface area contributed by atoms with E-state index in [2.05, 4.69) is 4.99 Å². The van der Waals surface area contributed by atoms with Gasteiger partial charge in [0.2, 0.25) is 0 Å². The molecule has 2 aromatic rings. The standard InChI is InChI=1S/C21H26N2O2/c1-4-18(16-10-6-8-12-20(16)24)22-14-15(3)23-19(5-2)17-11-7-9-13-21(17)25/h6-13,15,24-25H,4-5,14H2,1-3H3. The Balaban J connectivity index is 2.18. The van der Waals surface area contributed by atoms with E-state index in [1.807, 2.05) is 45.0 Å². The first kappa shape index (κ1) is 18.7. The molecule has 25 heavy (non-hydrogen) atoms. The molecule has 0 aliphatic rings. The summed E-state index contributed by atoms with van der Waals surface area (Å²) in [6, 6.07) is 14.5. The van der Waals surface area contributed by atoms with Crippen LogP contribution in [0.3, 0.4) is 0 Å². The molecule has 0 radical (unpaired) electrons. The summed E-state index contributed by atoms with van der Waals surface area (Å²) >= 11 is 0. The molecule has 2 rings (SSSR count). The van der Waals surface area contributed by atoms with Crippen LogP contribution in [0.5, 0.6) is 11.5 Å². The molecule has 0 amide bonds. The fourth-order valence-electron chi connectivity index (χ4n) is 2.72. The Kier molecular flexibility index (Phi) is 6.75. The van der Waals surface area contributed by atoms with E-state index in [1.165, 1.54) is 0 Å². The number of aliphatic imine (C=N–C) groups is 2. The predicted octanol–water partition coefficient (Wildman–Crippen LogP) is 4.58. The number of phenols is 2. The highest BCUT2D eigenvalue weighted by atomic mass is 16.3. The highest BCUT2D eigenvalue weighted by Gasteiger charge is 2.10. The van der Waals surface area contributed by atoms with E-state index in [4.69, 9.17) is 4.99 Å². The predicted molar refractivity (Wildman–Crippen MR) is 104 cm³/mol. The fourth-order valence-corrected chi connectivity index (χ4v) is 2.72. The van der Waals surface area contributed by atoms with E-state index < -0.39 is 0 Å². The third kappa shape index (κ3) is 4.92. The van der Waals surface area contributed by atoms with Crippen molar-refractivity contribution in [1.29, 1.82) is 0 Å². The van der Waals surface area contributed by atoms with Crippen LogP contribution in [-0.2, 0) is 0 Å². The average Bonchev–Trinajstić information content (AvgIpc) is 2.62. The maximum Gasteiger partial charge on any atom is 0.124 e. The number of nitrogens with zero attached hydrogens (tertiary/aromatic N) is 2. The van der Waals surface area contributed by atoms with Gasteiger partial charge in [-0.2, -0.15) is 0 Å². The minimum absolute atomic E-state index is 0.0121. The maximum atomic E-state index is 10.0. The molecule has 1 atom stereocenters. The van der Waals surface area contributed by atoms with E-state index in [0.29, 0.717) is 6.54 Å². The van der Waals surface area contributed by atoms with Gasteiger partial charge in [-0.25, -0.2) is 0 Å². The Hall–Kier alpha value is -2.62. The summed E-state index contributed by atoms with van der Waals surface area (Å²) in [5.74, 6) is 0.505. The van der Waals surface area contributed by atoms with Gasteiger partial charge in [0.05, 0.1) is 12.6 Å². The van der Waals surface area contributed by atoms with E-state index in [-0.39, 0.29) is 17.5 Å². The summed E-state index contributed by atoms with van der Waals surface area (Å²) in [6.45, 7) is 6.60. The number of benzene rings is 2. The molecular formula is C21H26N2O2. The minimum atomic E-state index is -0.0121. The summed E-state index contributed by atoms with van der Waals surface area (Å²) in [6.07, 6.45) is 1.49. The molecule has 0 aliphatic heterocycles. The minimum Gasteiger partial charge on any atom is -0.507 e. The van der Waals surface area contributed by atoms with Gasteiger partial charge in [-0.05, 0) is 44.0 Å². The van der Waals surface area contributed by atoms with Crippen molar-refractivity contribution >= 4 is 11.4 Å². The second kappa shape index (κ2) is 9.02. The van der Waals surface area contributed by atoms with Crippen LogP contribution in [0.2, 0.25) is 0 Å². The number of rotatable bonds is 7. The van der Waals surface area contributed by atoms with Crippen LogP contribution in [0.4, 0.5) is 0 Å². The lowest BCUT2D eigenvalue weighted by molar-refractivity contribution is 0.473. The Labute approximate surface area is 149 Å². The summed E-state index contributed by atoms with van der Waals surface area (Å²) in [5.41, 5.74) is 3.30. The van der Waals surface area contributed by atoms with Gasteiger partial charge in [-0.3, -0.25) is 9.98 Å². The summed E-state index contributed by atoms with van der Waals surface area (Å²) in [5, 5.41) is 20.0. The van der Waals surface area contributed by atoms with Gasteiger partial charge in [0.15, 0.2) is 0 Å². The van der Waals surface area contributed by atoms with Gasteiger partial charge in [0.1, 0.15) is 11.5 Å². The first-order chi connectivity index (χ1) is 12.1. The van der Waals surface area contributed by atoms with Crippen LogP contribution in [0.15, 0.2) is 58.5 Å². The summed E-state index contributed by atoms with van der Waals surface area (Å²) in [7, 11) is 0. The van der Waals surface area contributed by atoms with Crippen molar-refractivity contribution in [2.75, 3.05) is 6.54 Å². The zero-order chi connectivity index (χ0) is 18.2. The zero-order valence-electron chi connectivity index (χ0n) is 15.1. The number of hydrogen-bond acceptors (Lipinski definition) is 4. The molecule has 1 unspecified atom stereocenters. The molecule has 2 aromatic carbocycles. The Morgan fingerprint density at radius 3 is 1.80 bits per heavy atom. The Bertz CT molecular complexity index is 766. The van der Waals surface area contributed by atoms with Crippen LogP contribution >= 0.6 is 0 Å². The van der Waals surface area contributed by atoms with Gasteiger partial charge in [-0.1, -0.05) is 38.1 Å². The molecule has 2 N–H and O–H groups in total. The Morgan fingerprint density at radius 2 is 1.32 bits per heavy atom. The van der Waals surface area contributed by atoms with Crippen molar-refractivity contribution in [3.63, 3.8) is 0 Å². The molecule has 0 bridgehead atoms. The first-order valence-electron chi connectivity index (χ1n) is 8.73. The van der Waals surface area contributed by atoms with E-state index in [9.17, 15) is 10.2 Å². The number of aromatic hydroxyl groups is 2. The lowest BCUT2D eigenvalue weighted by Gasteiger charge is -2.11. The molecule has 0 heterocycles. The number of para-hydroxylation sites is 2. The van der Waals surface area contributed by atoms with Crippen LogP contribution in [-0.4, -0.2) is 34.2 Å². The van der Waals surface area contributed by atoms with Crippen LogP contribution in [0.25, 0.3) is 0 Å². The SMILES string of the molecule is CCC(=NCC(C)N=C(CC)c1ccccc1O)c1ccccc1O. The lowest BCUT2D eigenvalue weighted by atomic mass is 10.1. The van der Waals surface area contributed by atoms with Crippen molar-refractivity contribution in [2.24, 2.45) is 9.98 Å². The number of phenolic OH excluding ortho intramolecular Hbond substituents is 2. The lowest BCUT2D eigenvalue weighted by Crippen LogP contribution is -2.12. The maximum absolute atomic E-state index is 10.0. The van der Waals surface area contributed by atoms with Crippen molar-refractivity contribution < 1.29 is 10.2 Å². The molecule has 0 spiro atoms. The highest BCUT2D eigenvalue weighted by molar-refractivity contribution is 6.03. The van der Waals surface area contributed by atoms with Crippen LogP contribution in [0, 0.1) is 0 Å². The highest BCUT2D eigenvalue weighted by Crippen LogP contribution is 2.20. The second-order valence-electron chi connectivity index (χ2n) is 5.95. The van der Waals surface area contributed by atoms with E-state index in [1.54, 1.807) is 24.3 Å². The molecule has 4 heteroatoms. The van der Waals surface area contributed by atoms with Crippen LogP contribution in [0.1, 0.15) is 44.7 Å². The number of hydrogen-bond donors (Lipinski definition) is 2. The zero-order valence-corrected chi connectivity index (χ0v) is 15.1. The fraction of sp³-hybridized carbons (Fsp3) is 0.333. The van der Waals surface area contributed by atoms with Crippen molar-refractivity contribution in [3.8, 4) is 11.5 Å². The topological polar surface area (TPSA) is 65.2 Å². The summed E-state index contributed by atoms with van der Waals surface area (Å²) in [4.78, 5) is 9.40. The van der Waals surface area contributed by atoms with Crippen LogP contribution < -0.4 is 0 Å². The monoisotopic (exact) mass is 338 g/mol. The molecule has 132 valence electrons. The van der Waals surface area contributed by atoms with Crippen molar-refractivity contribution in [1.82, 2.24) is 0 Å². The van der Waals surface area contributed by atoms with Crippen molar-refractivity contribution in [3.05, 3.63) is 59.7 Å². The third-order valence-corrected chi connectivity index (χ3v) is 4.02. The smallest absolute Gasteiger partial charge is 0.124 e. The van der Waals surface area contributed by atoms with Gasteiger partial charge >= 0.3 is 0 Å². The van der Waals surface area contributed by atoms with E-state index >= 15 is 0 Å². The molecule has 0 fully saturated rings.